The number of carbonyl (C=O) groups is 2. The third kappa shape index (κ3) is 3.83. The number of nitrogens with zero attached hydrogens (tertiary/aromatic N) is 1. The van der Waals surface area contributed by atoms with Crippen LogP contribution in [-0.2, 0) is 9.59 Å². The van der Waals surface area contributed by atoms with Gasteiger partial charge in [0.25, 0.3) is 11.8 Å². The maximum absolute atomic E-state index is 14.5. The van der Waals surface area contributed by atoms with Gasteiger partial charge in [0.15, 0.2) is 0 Å². The van der Waals surface area contributed by atoms with E-state index in [0.29, 0.717) is 26.9 Å². The van der Waals surface area contributed by atoms with Gasteiger partial charge < -0.3 is 10.1 Å². The zero-order valence-electron chi connectivity index (χ0n) is 17.1. The zero-order chi connectivity index (χ0) is 23.0. The number of hydrogen-bond acceptors (Lipinski definition) is 4. The Bertz CT molecular complexity index is 1270. The quantitative estimate of drug-likeness (QED) is 0.529. The monoisotopic (exact) mass is 454 g/mol. The summed E-state index contributed by atoms with van der Waals surface area (Å²) >= 11 is 6.09. The average molecular weight is 455 g/mol. The molecule has 0 saturated carbocycles. The van der Waals surface area contributed by atoms with Crippen LogP contribution in [0.25, 0.3) is 5.57 Å². The molecule has 2 amide bonds. The van der Waals surface area contributed by atoms with E-state index in [9.17, 15) is 18.4 Å². The number of halogens is 3. The lowest BCUT2D eigenvalue weighted by Crippen LogP contribution is -2.33. The van der Waals surface area contributed by atoms with E-state index in [-0.39, 0.29) is 11.3 Å². The van der Waals surface area contributed by atoms with E-state index in [1.807, 2.05) is 0 Å². The first-order valence-electron chi connectivity index (χ1n) is 9.56. The van der Waals surface area contributed by atoms with Crippen molar-refractivity contribution in [2.75, 3.05) is 17.3 Å². The van der Waals surface area contributed by atoms with Gasteiger partial charge in [0.2, 0.25) is 0 Å². The van der Waals surface area contributed by atoms with E-state index in [1.165, 1.54) is 7.11 Å². The Morgan fingerprint density at radius 3 is 2.34 bits per heavy atom. The minimum Gasteiger partial charge on any atom is -0.497 e. The Hall–Kier alpha value is -3.71. The predicted octanol–water partition coefficient (Wildman–Crippen LogP) is 5.33. The smallest absolute Gasteiger partial charge is 0.282 e. The molecule has 0 spiro atoms. The first-order valence-corrected chi connectivity index (χ1v) is 9.93. The largest absolute Gasteiger partial charge is 0.497 e. The van der Waals surface area contributed by atoms with Crippen molar-refractivity contribution < 1.29 is 23.1 Å². The highest BCUT2D eigenvalue weighted by Crippen LogP contribution is 2.36. The van der Waals surface area contributed by atoms with Gasteiger partial charge in [-0.25, -0.2) is 13.7 Å². The SMILES string of the molecule is COc1ccc(C2=C(Nc3cc(Cl)ccc3C)C(=O)N(c3cc(F)ccc3F)C2=O)cc1. The summed E-state index contributed by atoms with van der Waals surface area (Å²) in [5, 5.41) is 3.40. The summed E-state index contributed by atoms with van der Waals surface area (Å²) in [6.07, 6.45) is 0. The highest BCUT2D eigenvalue weighted by Gasteiger charge is 2.41. The second kappa shape index (κ2) is 8.43. The van der Waals surface area contributed by atoms with Gasteiger partial charge in [-0.3, -0.25) is 9.59 Å². The molecule has 0 atom stereocenters. The first kappa shape index (κ1) is 21.5. The second-order valence-electron chi connectivity index (χ2n) is 7.10. The molecule has 8 heteroatoms. The van der Waals surface area contributed by atoms with E-state index in [4.69, 9.17) is 16.3 Å². The zero-order valence-corrected chi connectivity index (χ0v) is 17.8. The predicted molar refractivity (Wildman–Crippen MR) is 119 cm³/mol. The van der Waals surface area contributed by atoms with E-state index in [0.717, 1.165) is 23.8 Å². The summed E-state index contributed by atoms with van der Waals surface area (Å²) in [4.78, 5) is 27.3. The molecule has 0 unspecified atom stereocenters. The van der Waals surface area contributed by atoms with Crippen LogP contribution in [0.5, 0.6) is 5.75 Å². The lowest BCUT2D eigenvalue weighted by atomic mass is 10.0. The Labute approximate surface area is 187 Å². The van der Waals surface area contributed by atoms with Gasteiger partial charge in [0.1, 0.15) is 23.1 Å². The number of aryl methyl sites for hydroxylation is 1. The number of benzene rings is 3. The van der Waals surface area contributed by atoms with Gasteiger partial charge in [-0.15, -0.1) is 0 Å². The van der Waals surface area contributed by atoms with Crippen LogP contribution < -0.4 is 15.0 Å². The first-order chi connectivity index (χ1) is 15.3. The van der Waals surface area contributed by atoms with Crippen LogP contribution >= 0.6 is 11.6 Å². The molecule has 3 aromatic carbocycles. The van der Waals surface area contributed by atoms with Gasteiger partial charge in [0.05, 0.1) is 18.4 Å². The van der Waals surface area contributed by atoms with Crippen LogP contribution in [-0.4, -0.2) is 18.9 Å². The molecule has 5 nitrogen and oxygen atoms in total. The van der Waals surface area contributed by atoms with Gasteiger partial charge in [-0.1, -0.05) is 29.8 Å². The van der Waals surface area contributed by atoms with Crippen molar-refractivity contribution >= 4 is 40.4 Å². The number of ether oxygens (including phenoxy) is 1. The van der Waals surface area contributed by atoms with Crippen molar-refractivity contribution in [2.24, 2.45) is 0 Å². The fourth-order valence-corrected chi connectivity index (χ4v) is 3.58. The Morgan fingerprint density at radius 2 is 1.66 bits per heavy atom. The van der Waals surface area contributed by atoms with Crippen LogP contribution in [0.15, 0.2) is 66.4 Å². The Balaban J connectivity index is 1.87. The molecule has 1 aliphatic heterocycles. The maximum atomic E-state index is 14.5. The fraction of sp³-hybridized carbons (Fsp3) is 0.0833. The van der Waals surface area contributed by atoms with Crippen LogP contribution in [0.2, 0.25) is 5.02 Å². The van der Waals surface area contributed by atoms with E-state index >= 15 is 0 Å². The van der Waals surface area contributed by atoms with E-state index < -0.39 is 29.1 Å². The van der Waals surface area contributed by atoms with Crippen molar-refractivity contribution in [1.82, 2.24) is 0 Å². The van der Waals surface area contributed by atoms with Crippen molar-refractivity contribution in [2.45, 2.75) is 6.92 Å². The molecule has 1 N–H and O–H groups in total. The molecule has 0 saturated heterocycles. The molecular formula is C24H17ClF2N2O3. The van der Waals surface area contributed by atoms with Crippen molar-refractivity contribution in [3.05, 3.63) is 94.1 Å². The van der Waals surface area contributed by atoms with Crippen molar-refractivity contribution in [1.29, 1.82) is 0 Å². The molecule has 0 aromatic heterocycles. The average Bonchev–Trinajstić information content (AvgIpc) is 3.02. The minimum atomic E-state index is -0.901. The molecule has 162 valence electrons. The molecule has 0 aliphatic carbocycles. The van der Waals surface area contributed by atoms with Gasteiger partial charge in [-0.2, -0.15) is 0 Å². The van der Waals surface area contributed by atoms with Crippen LogP contribution in [0.3, 0.4) is 0 Å². The van der Waals surface area contributed by atoms with Crippen LogP contribution in [0.4, 0.5) is 20.2 Å². The molecule has 1 aliphatic rings. The maximum Gasteiger partial charge on any atom is 0.282 e. The van der Waals surface area contributed by atoms with E-state index in [1.54, 1.807) is 49.4 Å². The second-order valence-corrected chi connectivity index (χ2v) is 7.54. The molecule has 3 aromatic rings. The van der Waals surface area contributed by atoms with E-state index in [2.05, 4.69) is 5.32 Å². The standard InChI is InChI=1S/C24H17ClF2N2O3/c1-13-3-6-15(25)11-19(13)28-22-21(14-4-8-17(32-2)9-5-14)23(30)29(24(22)31)20-12-16(26)7-10-18(20)27/h3-12,28H,1-2H3. The van der Waals surface area contributed by atoms with Crippen LogP contribution in [0, 0.1) is 18.6 Å². The molecule has 0 bridgehead atoms. The molecule has 0 fully saturated rings. The minimum absolute atomic E-state index is 0.0145. The van der Waals surface area contributed by atoms with Crippen LogP contribution in [0.1, 0.15) is 11.1 Å². The molecule has 32 heavy (non-hydrogen) atoms. The number of nitrogens with one attached hydrogen (secondary N) is 1. The molecule has 4 rings (SSSR count). The topological polar surface area (TPSA) is 58.6 Å². The van der Waals surface area contributed by atoms with Gasteiger partial charge in [-0.05, 0) is 54.4 Å². The summed E-state index contributed by atoms with van der Waals surface area (Å²) < 4.78 is 33.5. The number of rotatable bonds is 5. The third-order valence-corrected chi connectivity index (χ3v) is 5.31. The Kier molecular flexibility index (Phi) is 5.67. The van der Waals surface area contributed by atoms with Crippen molar-refractivity contribution in [3.63, 3.8) is 0 Å². The number of methoxy groups -OCH3 is 1. The molecule has 1 heterocycles. The number of hydrogen-bond donors (Lipinski definition) is 1. The summed E-state index contributed by atoms with van der Waals surface area (Å²) in [5.41, 5.74) is 1.15. The lowest BCUT2D eigenvalue weighted by molar-refractivity contribution is -0.120. The highest BCUT2D eigenvalue weighted by molar-refractivity contribution is 6.46. The van der Waals surface area contributed by atoms with Gasteiger partial charge >= 0.3 is 0 Å². The number of anilines is 2. The third-order valence-electron chi connectivity index (χ3n) is 5.07. The fourth-order valence-electron chi connectivity index (χ4n) is 3.41. The molecule has 0 radical (unpaired) electrons. The Morgan fingerprint density at radius 1 is 0.938 bits per heavy atom. The van der Waals surface area contributed by atoms with Gasteiger partial charge in [0, 0.05) is 16.8 Å². The number of amides is 2. The normalized spacial score (nSPS) is 13.7. The number of imide groups is 1. The lowest BCUT2D eigenvalue weighted by Gasteiger charge is -2.16. The molecular weight excluding hydrogens is 438 g/mol. The summed E-state index contributed by atoms with van der Waals surface area (Å²) in [6, 6.07) is 14.1. The highest BCUT2D eigenvalue weighted by atomic mass is 35.5. The summed E-state index contributed by atoms with van der Waals surface area (Å²) in [6.45, 7) is 1.80. The van der Waals surface area contributed by atoms with Crippen molar-refractivity contribution in [3.8, 4) is 5.75 Å². The summed E-state index contributed by atoms with van der Waals surface area (Å²) in [5.74, 6) is -2.72. The summed E-state index contributed by atoms with van der Waals surface area (Å²) in [7, 11) is 1.50. The number of carbonyl (C=O) groups excluding carboxylic acids is 2.